The van der Waals surface area contributed by atoms with Crippen LogP contribution in [0.5, 0.6) is 0 Å². The van der Waals surface area contributed by atoms with Crippen molar-refractivity contribution in [2.45, 2.75) is 56.4 Å². The molecule has 160 valence electrons. The van der Waals surface area contributed by atoms with Crippen molar-refractivity contribution in [3.8, 4) is 0 Å². The van der Waals surface area contributed by atoms with Crippen molar-refractivity contribution in [3.05, 3.63) is 65.7 Å². The fourth-order valence-corrected chi connectivity index (χ4v) is 4.32. The van der Waals surface area contributed by atoms with Crippen molar-refractivity contribution in [1.29, 1.82) is 0 Å². The molecule has 1 fully saturated rings. The second-order valence-electron chi connectivity index (χ2n) is 7.71. The summed E-state index contributed by atoms with van der Waals surface area (Å²) in [5.74, 6) is 1.51. The van der Waals surface area contributed by atoms with Crippen LogP contribution in [0, 0.1) is 49.5 Å². The van der Waals surface area contributed by atoms with Gasteiger partial charge in [-0.2, -0.15) is 34.7 Å². The molecule has 1 aliphatic carbocycles. The molecule has 9 heteroatoms. The van der Waals surface area contributed by atoms with Gasteiger partial charge in [0.25, 0.3) is 0 Å². The minimum Gasteiger partial charge on any atom is -0.336 e. The molecule has 6 nitrogen and oxygen atoms in total. The van der Waals surface area contributed by atoms with Crippen LogP contribution in [0.15, 0.2) is 35.4 Å². The number of halogens is 1. The molecule has 1 aliphatic heterocycles. The van der Waals surface area contributed by atoms with Gasteiger partial charge in [-0.3, -0.25) is 14.9 Å². The number of benzene rings is 1. The number of aromatic amines is 1. The maximum Gasteiger partial charge on any atom is 2.00 e. The monoisotopic (exact) mass is 662 g/mol. The van der Waals surface area contributed by atoms with Gasteiger partial charge in [-0.1, -0.05) is 26.2 Å². The number of hydrogen-bond acceptors (Lipinski definition) is 6. The zero-order valence-electron chi connectivity index (χ0n) is 17.6. The van der Waals surface area contributed by atoms with E-state index < -0.39 is 0 Å². The number of fused-ring (bicyclic) bond motifs is 1. The Morgan fingerprint density at radius 3 is 2.87 bits per heavy atom. The van der Waals surface area contributed by atoms with E-state index in [1.165, 1.54) is 11.9 Å². The molecule has 1 atom stereocenters. The molecule has 0 radical (unpaired) electrons. The zero-order chi connectivity index (χ0) is 20.9. The molecule has 2 aliphatic rings. The fourth-order valence-electron chi connectivity index (χ4n) is 3.52. The van der Waals surface area contributed by atoms with Gasteiger partial charge in [0.05, 0.1) is 5.69 Å². The summed E-state index contributed by atoms with van der Waals surface area (Å²) in [4.78, 5) is 0.960. The molecular formula is C22H25FN6SU. The third-order valence-corrected chi connectivity index (χ3v) is 6.17. The van der Waals surface area contributed by atoms with Crippen LogP contribution in [0.25, 0.3) is 0 Å². The van der Waals surface area contributed by atoms with Crippen LogP contribution in [0.1, 0.15) is 61.8 Å². The van der Waals surface area contributed by atoms with E-state index in [4.69, 9.17) is 0 Å². The van der Waals surface area contributed by atoms with Gasteiger partial charge in [-0.05, 0) is 36.2 Å². The third-order valence-electron chi connectivity index (χ3n) is 5.28. The van der Waals surface area contributed by atoms with E-state index in [1.807, 2.05) is 18.2 Å². The number of aromatic nitrogens is 4. The average molecular weight is 663 g/mol. The summed E-state index contributed by atoms with van der Waals surface area (Å²) < 4.78 is 17.5. The van der Waals surface area contributed by atoms with Gasteiger partial charge < -0.3 is 11.7 Å². The van der Waals surface area contributed by atoms with E-state index in [-0.39, 0.29) is 36.9 Å². The molecule has 31 heavy (non-hydrogen) atoms. The van der Waals surface area contributed by atoms with Crippen LogP contribution in [0.3, 0.4) is 0 Å². The molecule has 0 amide bonds. The first-order valence-electron chi connectivity index (χ1n) is 10.2. The molecule has 3 heterocycles. The number of rotatable bonds is 4. The summed E-state index contributed by atoms with van der Waals surface area (Å²) in [6.45, 7) is 4.77. The van der Waals surface area contributed by atoms with Crippen molar-refractivity contribution < 1.29 is 35.5 Å². The first-order chi connectivity index (χ1) is 14.6. The van der Waals surface area contributed by atoms with Crippen molar-refractivity contribution in [2.75, 3.05) is 5.32 Å². The molecule has 1 aromatic carbocycles. The minimum absolute atomic E-state index is 0. The van der Waals surface area contributed by atoms with Crippen LogP contribution in [-0.2, 0) is 6.54 Å². The van der Waals surface area contributed by atoms with Gasteiger partial charge in [-0.25, -0.2) is 4.39 Å². The number of anilines is 2. The Morgan fingerprint density at radius 2 is 2.19 bits per heavy atom. The van der Waals surface area contributed by atoms with Crippen molar-refractivity contribution >= 4 is 23.5 Å². The van der Waals surface area contributed by atoms with Crippen molar-refractivity contribution in [1.82, 2.24) is 25.1 Å². The van der Waals surface area contributed by atoms with Crippen LogP contribution in [-0.4, -0.2) is 20.4 Å². The standard InChI is InChI=1S/C15H16FN4S.C7H9N2.U/c16-15-10-8-17-21-13(10)6-5-11(15)18-14-7-12(19-20-14)9-3-1-2-4-9;1-6(2)7-3-4-8-9-5-7;/h1,5-7,9,17H,2-4,8H2,(H2,18,19,20);3-4,6H,1-2H3;/q2*-1;+2. The van der Waals surface area contributed by atoms with E-state index >= 15 is 0 Å². The van der Waals surface area contributed by atoms with E-state index in [0.717, 1.165) is 41.0 Å². The molecule has 1 unspecified atom stereocenters. The van der Waals surface area contributed by atoms with Gasteiger partial charge in [-0.15, -0.1) is 6.20 Å². The molecule has 5 rings (SSSR count). The molecule has 3 aromatic rings. The summed E-state index contributed by atoms with van der Waals surface area (Å²) in [5.41, 5.74) is 3.45. The van der Waals surface area contributed by atoms with Crippen LogP contribution < -0.4 is 10.0 Å². The Bertz CT molecular complexity index is 975. The van der Waals surface area contributed by atoms with E-state index in [1.54, 1.807) is 12.3 Å². The Hall–Kier alpha value is -1.40. The topological polar surface area (TPSA) is 78.5 Å². The van der Waals surface area contributed by atoms with Crippen LogP contribution in [0.4, 0.5) is 15.9 Å². The predicted molar refractivity (Wildman–Crippen MR) is 117 cm³/mol. The molecule has 0 spiro atoms. The van der Waals surface area contributed by atoms with E-state index in [9.17, 15) is 4.39 Å². The van der Waals surface area contributed by atoms with Gasteiger partial charge in [0.1, 0.15) is 0 Å². The maximum atomic E-state index is 14.4. The summed E-state index contributed by atoms with van der Waals surface area (Å²) in [5, 5.41) is 17.7. The molecule has 1 saturated carbocycles. The zero-order valence-corrected chi connectivity index (χ0v) is 22.6. The molecular weight excluding hydrogens is 637 g/mol. The first kappa shape index (κ1) is 24.2. The predicted octanol–water partition coefficient (Wildman–Crippen LogP) is 5.27. The molecule has 3 N–H and O–H groups in total. The summed E-state index contributed by atoms with van der Waals surface area (Å²) >= 11 is 1.47. The number of H-pyrrole nitrogens is 1. The summed E-state index contributed by atoms with van der Waals surface area (Å²) in [6.07, 6.45) is 10.2. The Balaban J connectivity index is 0.000000232. The Morgan fingerprint density at radius 1 is 1.32 bits per heavy atom. The maximum absolute atomic E-state index is 14.4. The minimum atomic E-state index is -0.191. The number of hydrogen-bond donors (Lipinski definition) is 3. The van der Waals surface area contributed by atoms with Crippen LogP contribution in [0.2, 0.25) is 0 Å². The number of nitrogens with one attached hydrogen (secondary N) is 3. The van der Waals surface area contributed by atoms with Crippen LogP contribution >= 0.6 is 11.9 Å². The normalized spacial score (nSPS) is 17.0. The fraction of sp³-hybridized carbons (Fsp3) is 0.364. The summed E-state index contributed by atoms with van der Waals surface area (Å²) in [6, 6.07) is 7.62. The SMILES string of the molecule is CC(C)c1[c-]nncc1.Fc1c(Nc2cc(C3C[CH-]CC3)[nH]n2)ccc2c1CNS2.[U+2]. The van der Waals surface area contributed by atoms with Gasteiger partial charge >= 0.3 is 31.1 Å². The second-order valence-corrected chi connectivity index (χ2v) is 8.64. The number of nitrogens with zero attached hydrogens (tertiary/aromatic N) is 3. The molecule has 2 aromatic heterocycles. The smallest absolute Gasteiger partial charge is 0.336 e. The second kappa shape index (κ2) is 11.5. The first-order valence-corrected chi connectivity index (χ1v) is 11.0. The third kappa shape index (κ3) is 6.10. The quantitative estimate of drug-likeness (QED) is 0.261. The molecule has 0 saturated heterocycles. The van der Waals surface area contributed by atoms with Gasteiger partial charge in [0.15, 0.2) is 11.6 Å². The Labute approximate surface area is 210 Å². The van der Waals surface area contributed by atoms with Gasteiger partial charge in [0.2, 0.25) is 0 Å². The Kier molecular flexibility index (Phi) is 8.97. The summed E-state index contributed by atoms with van der Waals surface area (Å²) in [7, 11) is 0. The largest absolute Gasteiger partial charge is 2.00 e. The van der Waals surface area contributed by atoms with Crippen molar-refractivity contribution in [2.24, 2.45) is 0 Å². The van der Waals surface area contributed by atoms with Crippen molar-refractivity contribution in [3.63, 3.8) is 0 Å². The van der Waals surface area contributed by atoms with E-state index in [2.05, 4.69) is 56.9 Å². The molecule has 0 bridgehead atoms. The average Bonchev–Trinajstić information content (AvgIpc) is 3.53. The van der Waals surface area contributed by atoms with E-state index in [0.29, 0.717) is 29.9 Å². The van der Waals surface area contributed by atoms with Gasteiger partial charge in [0, 0.05) is 28.8 Å².